The molecule has 1 aromatic carbocycles. The lowest BCUT2D eigenvalue weighted by Crippen LogP contribution is -2.61. The maximum atomic E-state index is 12.5. The second-order valence-corrected chi connectivity index (χ2v) is 16.9. The lowest BCUT2D eigenvalue weighted by Gasteiger charge is -2.57. The first-order chi connectivity index (χ1) is 26.0. The number of allylic oxidation sites excluding steroid dienone is 7. The van der Waals surface area contributed by atoms with Crippen LogP contribution in [0.15, 0.2) is 83.0 Å². The normalized spacial score (nSPS) is 34.7. The van der Waals surface area contributed by atoms with Crippen molar-refractivity contribution in [3.63, 3.8) is 0 Å². The van der Waals surface area contributed by atoms with Crippen LogP contribution in [0.3, 0.4) is 0 Å². The molecular weight excluding hydrogens is 677 g/mol. The number of nitrogens with one attached hydrogen (secondary N) is 2. The van der Waals surface area contributed by atoms with Crippen LogP contribution in [0.4, 0.5) is 0 Å². The van der Waals surface area contributed by atoms with Crippen molar-refractivity contribution in [2.45, 2.75) is 128 Å². The van der Waals surface area contributed by atoms with Crippen molar-refractivity contribution < 1.29 is 30.3 Å². The Hall–Kier alpha value is -2.69. The maximum absolute atomic E-state index is 12.5. The Bertz CT molecular complexity index is 1560. The Labute approximate surface area is 324 Å². The van der Waals surface area contributed by atoms with E-state index in [4.69, 9.17) is 0 Å². The van der Waals surface area contributed by atoms with Gasteiger partial charge in [-0.25, -0.2) is 0 Å². The molecule has 1 aliphatic heterocycles. The van der Waals surface area contributed by atoms with Gasteiger partial charge >= 0.3 is 0 Å². The molecule has 0 aromatic heterocycles. The minimum atomic E-state index is -1.18. The van der Waals surface area contributed by atoms with Gasteiger partial charge in [0, 0.05) is 24.0 Å². The quantitative estimate of drug-likeness (QED) is 0.0562. The van der Waals surface area contributed by atoms with Crippen LogP contribution < -0.4 is 10.6 Å². The lowest BCUT2D eigenvalue weighted by atomic mass is 9.51. The van der Waals surface area contributed by atoms with Crippen LogP contribution >= 0.6 is 0 Å². The smallest absolute Gasteiger partial charge is 0.145 e. The third-order valence-electron chi connectivity index (χ3n) is 13.8. The highest BCUT2D eigenvalue weighted by Gasteiger charge is 2.65. The van der Waals surface area contributed by atoms with Crippen LogP contribution in [0.2, 0.25) is 0 Å². The molecule has 8 heteroatoms. The van der Waals surface area contributed by atoms with E-state index in [9.17, 15) is 30.3 Å². The van der Waals surface area contributed by atoms with Crippen LogP contribution in [0.25, 0.3) is 0 Å². The number of fused-ring (bicyclic) bond motifs is 2. The predicted octanol–water partition coefficient (Wildman–Crippen LogP) is 6.03. The summed E-state index contributed by atoms with van der Waals surface area (Å²) in [5.74, 6) is 0.0284. The van der Waals surface area contributed by atoms with E-state index in [2.05, 4.69) is 47.6 Å². The topological polar surface area (TPSA) is 142 Å². The van der Waals surface area contributed by atoms with Crippen molar-refractivity contribution >= 4 is 6.29 Å². The minimum Gasteiger partial charge on any atom is -0.396 e. The Morgan fingerprint density at radius 3 is 2.52 bits per heavy atom. The molecule has 0 radical (unpaired) electrons. The van der Waals surface area contributed by atoms with Crippen molar-refractivity contribution in [3.8, 4) is 0 Å². The van der Waals surface area contributed by atoms with E-state index in [1.54, 1.807) is 0 Å². The number of hydrogen-bond acceptors (Lipinski definition) is 8. The fraction of sp³-hybridized carbons (Fsp3) is 0.630. The summed E-state index contributed by atoms with van der Waals surface area (Å²) in [4.78, 5) is 12.1. The van der Waals surface area contributed by atoms with Gasteiger partial charge in [0.1, 0.15) is 12.5 Å². The van der Waals surface area contributed by atoms with Gasteiger partial charge in [0.2, 0.25) is 0 Å². The van der Waals surface area contributed by atoms with Crippen LogP contribution in [-0.4, -0.2) is 82.6 Å². The Kier molecular flexibility index (Phi) is 15.3. The number of aliphatic hydroxyl groups is 5. The van der Waals surface area contributed by atoms with E-state index in [0.29, 0.717) is 68.6 Å². The molecule has 1 heterocycles. The first kappa shape index (κ1) is 42.5. The van der Waals surface area contributed by atoms with Crippen LogP contribution in [0.5, 0.6) is 0 Å². The average molecular weight is 745 g/mol. The first-order valence-electron chi connectivity index (χ1n) is 20.7. The fourth-order valence-corrected chi connectivity index (χ4v) is 10.7. The van der Waals surface area contributed by atoms with Gasteiger partial charge in [-0.05, 0) is 150 Å². The van der Waals surface area contributed by atoms with E-state index >= 15 is 0 Å². The number of carbonyl (C=O) groups excluding carboxylic acids is 1. The molecule has 8 atom stereocenters. The second kappa shape index (κ2) is 19.4. The van der Waals surface area contributed by atoms with Gasteiger partial charge in [-0.2, -0.15) is 0 Å². The molecule has 1 aromatic rings. The fourth-order valence-electron chi connectivity index (χ4n) is 10.7. The van der Waals surface area contributed by atoms with Gasteiger partial charge in [-0.1, -0.05) is 79.1 Å². The molecule has 1 spiro atoms. The standard InChI is InChI=1S/C46H68N2O6/c1-31(37-18-17-32(2)44(53)48-42(36-13-5-6-14-36)28-35-12-8-11-34(26-35)27-37)10-7-15-38(30-51)40-20-22-46(43(40)52)41(16-9-25-49)39(33(3)29-50)19-21-45(46,54)23-24-47-4/h7-8,10-12,15,17,26,29,36-37,40-44,47-49,51-54H,1,5-6,9,13-14,16,18-25,27-28,30H2,2-4H3/b10-7+,32-17+,38-15-,39-33-/t37-,40-,41-,42+,43+,44+,45-,46+/m0/s1. The minimum absolute atomic E-state index is 0.00885. The molecule has 3 aliphatic carbocycles. The van der Waals surface area contributed by atoms with Gasteiger partial charge in [-0.3, -0.25) is 10.1 Å². The molecule has 4 aliphatic rings. The molecule has 2 bridgehead atoms. The number of hydrogen-bond donors (Lipinski definition) is 7. The van der Waals surface area contributed by atoms with Gasteiger partial charge in [0.05, 0.1) is 18.3 Å². The van der Waals surface area contributed by atoms with Crippen LogP contribution in [-0.2, 0) is 17.6 Å². The van der Waals surface area contributed by atoms with Crippen LogP contribution in [0, 0.1) is 29.1 Å². The maximum Gasteiger partial charge on any atom is 0.145 e. The van der Waals surface area contributed by atoms with Crippen molar-refractivity contribution in [1.82, 2.24) is 10.6 Å². The summed E-state index contributed by atoms with van der Waals surface area (Å²) in [5.41, 5.74) is 4.64. The molecule has 5 rings (SSSR count). The highest BCUT2D eigenvalue weighted by Crippen LogP contribution is 2.64. The molecule has 0 saturated heterocycles. The van der Waals surface area contributed by atoms with E-state index in [0.717, 1.165) is 42.3 Å². The van der Waals surface area contributed by atoms with Crippen molar-refractivity contribution in [1.29, 1.82) is 0 Å². The van der Waals surface area contributed by atoms with E-state index in [-0.39, 0.29) is 37.0 Å². The Morgan fingerprint density at radius 1 is 1.09 bits per heavy atom. The number of rotatable bonds is 13. The van der Waals surface area contributed by atoms with Crippen molar-refractivity contribution in [2.75, 3.05) is 26.8 Å². The lowest BCUT2D eigenvalue weighted by molar-refractivity contribution is -0.180. The van der Waals surface area contributed by atoms with Gasteiger partial charge < -0.3 is 30.8 Å². The molecule has 8 nitrogen and oxygen atoms in total. The van der Waals surface area contributed by atoms with Gasteiger partial charge in [0.25, 0.3) is 0 Å². The van der Waals surface area contributed by atoms with E-state index < -0.39 is 23.3 Å². The zero-order valence-corrected chi connectivity index (χ0v) is 33.1. The summed E-state index contributed by atoms with van der Waals surface area (Å²) in [6.45, 7) is 8.65. The van der Waals surface area contributed by atoms with Gasteiger partial charge in [-0.15, -0.1) is 0 Å². The summed E-state index contributed by atoms with van der Waals surface area (Å²) in [6, 6.07) is 9.08. The second-order valence-electron chi connectivity index (χ2n) is 16.9. The molecule has 7 N–H and O–H groups in total. The zero-order valence-electron chi connectivity index (χ0n) is 33.1. The molecule has 54 heavy (non-hydrogen) atoms. The molecule has 3 saturated carbocycles. The SMILES string of the molecule is C=C(/C=C/C=C(/CO)[C@@H]1CC[C@]2([C@@H]1O)[C@@H](CCCO)/C(=C(/C)C=O)CC[C@]2(O)CCNC)[C@H]1C/C=C(\C)[C@@H](O)N[C@@H](C2CCCC2)Cc2cccc(c2)C1. The third-order valence-corrected chi connectivity index (χ3v) is 13.8. The molecule has 3 fully saturated rings. The highest BCUT2D eigenvalue weighted by atomic mass is 16.3. The van der Waals surface area contributed by atoms with Crippen molar-refractivity contribution in [3.05, 3.63) is 94.1 Å². The van der Waals surface area contributed by atoms with Crippen molar-refractivity contribution in [2.24, 2.45) is 29.1 Å². The summed E-state index contributed by atoms with van der Waals surface area (Å²) >= 11 is 0. The summed E-state index contributed by atoms with van der Waals surface area (Å²) in [6.07, 6.45) is 18.2. The van der Waals surface area contributed by atoms with Crippen LogP contribution in [0.1, 0.15) is 102 Å². The first-order valence-corrected chi connectivity index (χ1v) is 20.7. The molecule has 0 unspecified atom stereocenters. The molecule has 298 valence electrons. The number of aliphatic hydroxyl groups excluding tert-OH is 4. The molecular formula is C46H68N2O6. The van der Waals surface area contributed by atoms with E-state index in [1.807, 2.05) is 39.1 Å². The monoisotopic (exact) mass is 745 g/mol. The van der Waals surface area contributed by atoms with Gasteiger partial charge in [0.15, 0.2) is 0 Å². The summed E-state index contributed by atoms with van der Waals surface area (Å²) < 4.78 is 0. The predicted molar refractivity (Wildman–Crippen MR) is 217 cm³/mol. The Balaban J connectivity index is 1.39. The van der Waals surface area contributed by atoms with E-state index in [1.165, 1.54) is 36.8 Å². The highest BCUT2D eigenvalue weighted by molar-refractivity contribution is 5.74. The number of aldehydes is 1. The Morgan fingerprint density at radius 2 is 1.83 bits per heavy atom. The largest absolute Gasteiger partial charge is 0.396 e. The third kappa shape index (κ3) is 9.29. The summed E-state index contributed by atoms with van der Waals surface area (Å²) in [7, 11) is 1.86. The molecule has 0 amide bonds. The number of carbonyl (C=O) groups is 1. The average Bonchev–Trinajstić information content (AvgIpc) is 3.83. The number of benzene rings is 1. The zero-order chi connectivity index (χ0) is 38.9. The summed E-state index contributed by atoms with van der Waals surface area (Å²) in [5, 5.41) is 63.4.